The number of hydrogen-bond acceptors (Lipinski definition) is 6. The van der Waals surface area contributed by atoms with Gasteiger partial charge in [0.05, 0.1) is 11.4 Å². The molecule has 1 aliphatic heterocycles. The summed E-state index contributed by atoms with van der Waals surface area (Å²) in [6.07, 6.45) is 6.95. The van der Waals surface area contributed by atoms with Gasteiger partial charge in [-0.25, -0.2) is 15.0 Å². The Morgan fingerprint density at radius 3 is 2.66 bits per heavy atom. The van der Waals surface area contributed by atoms with Crippen LogP contribution in [0, 0.1) is 13.8 Å². The van der Waals surface area contributed by atoms with Gasteiger partial charge in [0, 0.05) is 31.2 Å². The van der Waals surface area contributed by atoms with Crippen LogP contribution < -0.4 is 10.2 Å². The van der Waals surface area contributed by atoms with Crippen molar-refractivity contribution in [1.82, 2.24) is 25.3 Å². The molecule has 29 heavy (non-hydrogen) atoms. The second-order valence-corrected chi connectivity index (χ2v) is 7.68. The van der Waals surface area contributed by atoms with Crippen LogP contribution in [0.4, 0.5) is 5.82 Å². The third kappa shape index (κ3) is 4.04. The van der Waals surface area contributed by atoms with Crippen molar-refractivity contribution >= 4 is 22.8 Å². The van der Waals surface area contributed by atoms with Crippen LogP contribution in [-0.4, -0.2) is 38.9 Å². The van der Waals surface area contributed by atoms with Gasteiger partial charge in [-0.2, -0.15) is 0 Å². The average molecular weight is 390 g/mol. The topological polar surface area (TPSA) is 83.9 Å². The van der Waals surface area contributed by atoms with E-state index in [1.807, 2.05) is 32.0 Å². The highest BCUT2D eigenvalue weighted by molar-refractivity contribution is 5.97. The third-order valence-corrected chi connectivity index (χ3v) is 5.36. The average Bonchev–Trinajstić information content (AvgIpc) is 2.73. The Balaban J connectivity index is 1.73. The van der Waals surface area contributed by atoms with Gasteiger partial charge in [0.15, 0.2) is 5.65 Å². The number of aryl methyl sites for hydroxylation is 2. The number of nitrogens with one attached hydrogen (secondary N) is 1. The van der Waals surface area contributed by atoms with Crippen LogP contribution in [-0.2, 0) is 0 Å². The molecule has 4 rings (SSSR count). The van der Waals surface area contributed by atoms with Gasteiger partial charge in [-0.3, -0.25) is 9.78 Å². The predicted octanol–water partition coefficient (Wildman–Crippen LogP) is 3.52. The van der Waals surface area contributed by atoms with Crippen LogP contribution in [0.15, 0.2) is 30.6 Å². The summed E-state index contributed by atoms with van der Waals surface area (Å²) in [7, 11) is 0. The third-order valence-electron chi connectivity index (χ3n) is 5.36. The lowest BCUT2D eigenvalue weighted by molar-refractivity contribution is 0.0929. The van der Waals surface area contributed by atoms with E-state index in [-0.39, 0.29) is 17.8 Å². The maximum absolute atomic E-state index is 13.0. The second kappa shape index (κ2) is 8.11. The molecule has 0 aliphatic carbocycles. The molecule has 1 atom stereocenters. The van der Waals surface area contributed by atoms with E-state index in [9.17, 15) is 4.79 Å². The first-order valence-electron chi connectivity index (χ1n) is 10.1. The highest BCUT2D eigenvalue weighted by Gasteiger charge is 2.22. The molecule has 3 aromatic heterocycles. The van der Waals surface area contributed by atoms with Crippen molar-refractivity contribution in [3.8, 4) is 0 Å². The molecule has 4 heterocycles. The molecule has 150 valence electrons. The van der Waals surface area contributed by atoms with E-state index in [0.29, 0.717) is 5.65 Å². The Morgan fingerprint density at radius 2 is 1.93 bits per heavy atom. The zero-order valence-corrected chi connectivity index (χ0v) is 17.1. The van der Waals surface area contributed by atoms with Crippen LogP contribution in [0.1, 0.15) is 59.7 Å². The number of amides is 1. The van der Waals surface area contributed by atoms with Gasteiger partial charge >= 0.3 is 0 Å². The molecule has 0 spiro atoms. The lowest BCUT2D eigenvalue weighted by atomic mass is 10.1. The molecule has 7 nitrogen and oxygen atoms in total. The minimum absolute atomic E-state index is 0.159. The Hall–Kier alpha value is -3.09. The normalized spacial score (nSPS) is 15.3. The van der Waals surface area contributed by atoms with E-state index in [2.05, 4.69) is 32.1 Å². The Kier molecular flexibility index (Phi) is 5.38. The monoisotopic (exact) mass is 390 g/mol. The molecule has 7 heteroatoms. The summed E-state index contributed by atoms with van der Waals surface area (Å²) < 4.78 is 0. The van der Waals surface area contributed by atoms with Crippen LogP contribution >= 0.6 is 0 Å². The summed E-state index contributed by atoms with van der Waals surface area (Å²) >= 11 is 0. The fourth-order valence-electron chi connectivity index (χ4n) is 3.87. The molecule has 1 N–H and O–H groups in total. The number of aromatic nitrogens is 4. The van der Waals surface area contributed by atoms with Crippen molar-refractivity contribution in [2.75, 3.05) is 18.0 Å². The molecule has 0 aromatic carbocycles. The molecule has 1 aliphatic rings. The minimum atomic E-state index is -0.303. The summed E-state index contributed by atoms with van der Waals surface area (Å²) in [4.78, 5) is 33.2. The first-order chi connectivity index (χ1) is 14.0. The van der Waals surface area contributed by atoms with Gasteiger partial charge in [0.25, 0.3) is 5.91 Å². The lowest BCUT2D eigenvalue weighted by Gasteiger charge is -2.29. The summed E-state index contributed by atoms with van der Waals surface area (Å²) in [5.41, 5.74) is 3.48. The molecule has 0 radical (unpaired) electrons. The molecule has 1 unspecified atom stereocenters. The van der Waals surface area contributed by atoms with Gasteiger partial charge in [0.2, 0.25) is 5.82 Å². The molecular weight excluding hydrogens is 364 g/mol. The molecular formula is C22H26N6O. The number of carbonyl (C=O) groups excluding carboxylic acids is 1. The smallest absolute Gasteiger partial charge is 0.289 e. The minimum Gasteiger partial charge on any atom is -0.356 e. The second-order valence-electron chi connectivity index (χ2n) is 7.68. The van der Waals surface area contributed by atoms with Crippen molar-refractivity contribution in [1.29, 1.82) is 0 Å². The van der Waals surface area contributed by atoms with Gasteiger partial charge in [-0.1, -0.05) is 6.07 Å². The highest BCUT2D eigenvalue weighted by Crippen LogP contribution is 2.29. The maximum atomic E-state index is 13.0. The number of nitrogens with zero attached hydrogens (tertiary/aromatic N) is 5. The van der Waals surface area contributed by atoms with E-state index in [0.717, 1.165) is 54.0 Å². The van der Waals surface area contributed by atoms with Crippen LogP contribution in [0.3, 0.4) is 0 Å². The van der Waals surface area contributed by atoms with Crippen molar-refractivity contribution < 1.29 is 4.79 Å². The summed E-state index contributed by atoms with van der Waals surface area (Å²) in [6, 6.07) is 5.64. The van der Waals surface area contributed by atoms with Crippen LogP contribution in [0.2, 0.25) is 0 Å². The molecule has 3 aromatic rings. The number of rotatable bonds is 4. The van der Waals surface area contributed by atoms with Crippen LogP contribution in [0.25, 0.3) is 11.0 Å². The van der Waals surface area contributed by atoms with Crippen molar-refractivity contribution in [2.24, 2.45) is 0 Å². The number of anilines is 1. The fourth-order valence-corrected chi connectivity index (χ4v) is 3.87. The van der Waals surface area contributed by atoms with Gasteiger partial charge in [-0.05, 0) is 63.3 Å². The zero-order valence-electron chi connectivity index (χ0n) is 17.1. The molecule has 0 saturated carbocycles. The molecule has 1 saturated heterocycles. The summed E-state index contributed by atoms with van der Waals surface area (Å²) in [5, 5.41) is 3.93. The number of hydrogen-bond donors (Lipinski definition) is 1. The summed E-state index contributed by atoms with van der Waals surface area (Å²) in [5.74, 6) is 0.674. The van der Waals surface area contributed by atoms with Gasteiger partial charge in [-0.15, -0.1) is 0 Å². The molecule has 1 fully saturated rings. The standard InChI is InChI=1S/C22H26N6O/c1-14-12-15(2)24-19-18(14)21(28-10-5-4-6-11-28)27-20(26-19)22(29)25-16(3)17-8-7-9-23-13-17/h7-9,12-13,16H,4-6,10-11H2,1-3H3,(H,25,29). The summed E-state index contributed by atoms with van der Waals surface area (Å²) in [6.45, 7) is 7.80. The van der Waals surface area contributed by atoms with Gasteiger partial charge < -0.3 is 10.2 Å². The first-order valence-corrected chi connectivity index (χ1v) is 10.1. The van der Waals surface area contributed by atoms with E-state index in [4.69, 9.17) is 4.98 Å². The van der Waals surface area contributed by atoms with E-state index >= 15 is 0 Å². The van der Waals surface area contributed by atoms with Crippen molar-refractivity contribution in [2.45, 2.75) is 46.1 Å². The molecule has 1 amide bonds. The maximum Gasteiger partial charge on any atom is 0.289 e. The Labute approximate surface area is 170 Å². The quantitative estimate of drug-likeness (QED) is 0.734. The fraction of sp³-hybridized carbons (Fsp3) is 0.409. The number of carbonyl (C=O) groups is 1. The number of fused-ring (bicyclic) bond motifs is 1. The number of pyridine rings is 2. The van der Waals surface area contributed by atoms with Gasteiger partial charge in [0.1, 0.15) is 5.82 Å². The Bertz CT molecular complexity index is 1030. The number of piperidine rings is 1. The van der Waals surface area contributed by atoms with E-state index in [1.54, 1.807) is 12.4 Å². The largest absolute Gasteiger partial charge is 0.356 e. The lowest BCUT2D eigenvalue weighted by Crippen LogP contribution is -2.33. The predicted molar refractivity (Wildman–Crippen MR) is 113 cm³/mol. The SMILES string of the molecule is Cc1cc(C)c2c(N3CCCCC3)nc(C(=O)NC(C)c3cccnc3)nc2n1. The van der Waals surface area contributed by atoms with Crippen molar-refractivity contribution in [3.05, 3.63) is 53.2 Å². The van der Waals surface area contributed by atoms with Crippen molar-refractivity contribution in [3.63, 3.8) is 0 Å². The first kappa shape index (κ1) is 19.2. The molecule has 0 bridgehead atoms. The van der Waals surface area contributed by atoms with E-state index < -0.39 is 0 Å². The Morgan fingerprint density at radius 1 is 1.14 bits per heavy atom. The van der Waals surface area contributed by atoms with E-state index in [1.165, 1.54) is 6.42 Å². The zero-order chi connectivity index (χ0) is 20.4. The highest BCUT2D eigenvalue weighted by atomic mass is 16.2. The van der Waals surface area contributed by atoms with Crippen LogP contribution in [0.5, 0.6) is 0 Å².